The molecule has 1 saturated heterocycles. The summed E-state index contributed by atoms with van der Waals surface area (Å²) in [6.07, 6.45) is 2.08. The average Bonchev–Trinajstić information content (AvgIpc) is 2.69. The summed E-state index contributed by atoms with van der Waals surface area (Å²) >= 11 is 0. The van der Waals surface area contributed by atoms with E-state index >= 15 is 0 Å². The summed E-state index contributed by atoms with van der Waals surface area (Å²) in [4.78, 5) is 0. The van der Waals surface area contributed by atoms with E-state index in [0.29, 0.717) is 19.0 Å². The highest BCUT2D eigenvalue weighted by Crippen LogP contribution is 2.11. The lowest BCUT2D eigenvalue weighted by molar-refractivity contribution is 0.463. The molecule has 0 radical (unpaired) electrons. The number of hydrogen-bond acceptors (Lipinski definition) is 3. The summed E-state index contributed by atoms with van der Waals surface area (Å²) in [6, 6.07) is 0. The molecule has 90 valence electrons. The van der Waals surface area contributed by atoms with Crippen molar-refractivity contribution in [3.05, 3.63) is 0 Å². The Bertz CT molecular complexity index is 273. The minimum Gasteiger partial charge on any atom is -0.316 e. The van der Waals surface area contributed by atoms with Crippen molar-refractivity contribution in [1.82, 2.24) is 14.3 Å². The standard InChI is InChI=1S/C9H21N3O2S/c1-3-12(2)15(13,14)11-7-5-9-4-6-10-8-9/h9-11H,3-8H2,1-2H3. The van der Waals surface area contributed by atoms with E-state index in [1.807, 2.05) is 6.92 Å². The van der Waals surface area contributed by atoms with Gasteiger partial charge in [-0.2, -0.15) is 12.7 Å². The molecule has 2 N–H and O–H groups in total. The molecule has 1 unspecified atom stereocenters. The van der Waals surface area contributed by atoms with Gasteiger partial charge in [0.25, 0.3) is 10.2 Å². The van der Waals surface area contributed by atoms with Crippen molar-refractivity contribution < 1.29 is 8.42 Å². The molecule has 1 heterocycles. The first kappa shape index (κ1) is 12.9. The molecule has 0 saturated carbocycles. The summed E-state index contributed by atoms with van der Waals surface area (Å²) in [5.41, 5.74) is 0. The van der Waals surface area contributed by atoms with Crippen molar-refractivity contribution in [2.24, 2.45) is 5.92 Å². The smallest absolute Gasteiger partial charge is 0.279 e. The summed E-state index contributed by atoms with van der Waals surface area (Å²) in [7, 11) is -1.66. The fraction of sp³-hybridized carbons (Fsp3) is 1.00. The molecule has 1 fully saturated rings. The van der Waals surface area contributed by atoms with Gasteiger partial charge in [0.05, 0.1) is 0 Å². The molecular formula is C9H21N3O2S. The molecule has 15 heavy (non-hydrogen) atoms. The zero-order chi connectivity index (χ0) is 11.3. The van der Waals surface area contributed by atoms with Gasteiger partial charge < -0.3 is 5.32 Å². The van der Waals surface area contributed by atoms with Gasteiger partial charge in [-0.05, 0) is 31.8 Å². The highest BCUT2D eigenvalue weighted by Gasteiger charge is 2.17. The minimum atomic E-state index is -3.24. The first-order valence-electron chi connectivity index (χ1n) is 5.48. The summed E-state index contributed by atoms with van der Waals surface area (Å²) < 4.78 is 27.0. The Balaban J connectivity index is 2.23. The summed E-state index contributed by atoms with van der Waals surface area (Å²) in [6.45, 7) is 4.94. The van der Waals surface area contributed by atoms with Gasteiger partial charge in [0.15, 0.2) is 0 Å². The maximum absolute atomic E-state index is 11.5. The monoisotopic (exact) mass is 235 g/mol. The van der Waals surface area contributed by atoms with Crippen LogP contribution in [0.4, 0.5) is 0 Å². The SMILES string of the molecule is CCN(C)S(=O)(=O)NCCC1CCNC1. The normalized spacial score (nSPS) is 22.5. The molecule has 0 spiro atoms. The van der Waals surface area contributed by atoms with E-state index < -0.39 is 10.2 Å². The summed E-state index contributed by atoms with van der Waals surface area (Å²) in [5.74, 6) is 0.625. The average molecular weight is 235 g/mol. The molecule has 1 aliphatic rings. The van der Waals surface area contributed by atoms with Crippen LogP contribution in [-0.2, 0) is 10.2 Å². The van der Waals surface area contributed by atoms with Gasteiger partial charge in [-0.15, -0.1) is 0 Å². The second-order valence-electron chi connectivity index (χ2n) is 3.96. The van der Waals surface area contributed by atoms with Gasteiger partial charge in [0, 0.05) is 20.1 Å². The Labute approximate surface area is 92.4 Å². The molecule has 1 rings (SSSR count). The van der Waals surface area contributed by atoms with Crippen molar-refractivity contribution in [3.8, 4) is 0 Å². The Kier molecular flexibility index (Phi) is 4.98. The Morgan fingerprint density at radius 1 is 1.53 bits per heavy atom. The maximum atomic E-state index is 11.5. The van der Waals surface area contributed by atoms with Gasteiger partial charge in [-0.1, -0.05) is 6.92 Å². The fourth-order valence-corrected chi connectivity index (χ4v) is 2.57. The third-order valence-electron chi connectivity index (χ3n) is 2.86. The van der Waals surface area contributed by atoms with Gasteiger partial charge in [-0.25, -0.2) is 4.72 Å². The second kappa shape index (κ2) is 5.79. The first-order valence-corrected chi connectivity index (χ1v) is 6.92. The van der Waals surface area contributed by atoms with Crippen LogP contribution in [0.3, 0.4) is 0 Å². The highest BCUT2D eigenvalue weighted by molar-refractivity contribution is 7.87. The van der Waals surface area contributed by atoms with E-state index in [2.05, 4.69) is 10.0 Å². The molecule has 0 aromatic carbocycles. The van der Waals surface area contributed by atoms with E-state index in [4.69, 9.17) is 0 Å². The van der Waals surface area contributed by atoms with Crippen molar-refractivity contribution in [1.29, 1.82) is 0 Å². The van der Waals surface area contributed by atoms with Crippen LogP contribution in [-0.4, -0.2) is 45.9 Å². The molecule has 6 heteroatoms. The third-order valence-corrected chi connectivity index (χ3v) is 4.50. The Hall–Kier alpha value is -0.170. The largest absolute Gasteiger partial charge is 0.316 e. The molecule has 1 aliphatic heterocycles. The predicted octanol–water partition coefficient (Wildman–Crippen LogP) is -0.228. The number of rotatable bonds is 6. The minimum absolute atomic E-state index is 0.500. The molecular weight excluding hydrogens is 214 g/mol. The van der Waals surface area contributed by atoms with Gasteiger partial charge in [-0.3, -0.25) is 0 Å². The lowest BCUT2D eigenvalue weighted by atomic mass is 10.1. The van der Waals surface area contributed by atoms with Crippen molar-refractivity contribution in [2.45, 2.75) is 19.8 Å². The van der Waals surface area contributed by atoms with Crippen LogP contribution in [0.5, 0.6) is 0 Å². The molecule has 0 aliphatic carbocycles. The van der Waals surface area contributed by atoms with Crippen LogP contribution in [0.15, 0.2) is 0 Å². The predicted molar refractivity (Wildman–Crippen MR) is 60.8 cm³/mol. The fourth-order valence-electron chi connectivity index (χ4n) is 1.63. The molecule has 1 atom stereocenters. The van der Waals surface area contributed by atoms with E-state index in [-0.39, 0.29) is 0 Å². The summed E-state index contributed by atoms with van der Waals surface area (Å²) in [5, 5.41) is 3.27. The maximum Gasteiger partial charge on any atom is 0.279 e. The number of hydrogen-bond donors (Lipinski definition) is 2. The molecule has 0 aromatic rings. The van der Waals surface area contributed by atoms with E-state index in [1.54, 1.807) is 7.05 Å². The second-order valence-corrected chi connectivity index (χ2v) is 5.82. The first-order chi connectivity index (χ1) is 7.06. The highest BCUT2D eigenvalue weighted by atomic mass is 32.2. The third kappa shape index (κ3) is 4.06. The zero-order valence-electron chi connectivity index (χ0n) is 9.49. The van der Waals surface area contributed by atoms with E-state index in [9.17, 15) is 8.42 Å². The topological polar surface area (TPSA) is 61.4 Å². The zero-order valence-corrected chi connectivity index (χ0v) is 10.3. The molecule has 0 amide bonds. The van der Waals surface area contributed by atoms with Crippen LogP contribution in [0.25, 0.3) is 0 Å². The van der Waals surface area contributed by atoms with Crippen molar-refractivity contribution in [3.63, 3.8) is 0 Å². The van der Waals surface area contributed by atoms with Crippen LogP contribution in [0.1, 0.15) is 19.8 Å². The lowest BCUT2D eigenvalue weighted by Gasteiger charge is -2.16. The van der Waals surface area contributed by atoms with E-state index in [1.165, 1.54) is 4.31 Å². The van der Waals surface area contributed by atoms with Crippen LogP contribution >= 0.6 is 0 Å². The Morgan fingerprint density at radius 3 is 2.80 bits per heavy atom. The molecule has 0 aromatic heterocycles. The lowest BCUT2D eigenvalue weighted by Crippen LogP contribution is -2.38. The van der Waals surface area contributed by atoms with Crippen LogP contribution in [0.2, 0.25) is 0 Å². The van der Waals surface area contributed by atoms with E-state index in [0.717, 1.165) is 25.9 Å². The van der Waals surface area contributed by atoms with Crippen LogP contribution < -0.4 is 10.0 Å². The quantitative estimate of drug-likeness (QED) is 0.668. The van der Waals surface area contributed by atoms with Gasteiger partial charge >= 0.3 is 0 Å². The number of nitrogens with zero attached hydrogens (tertiary/aromatic N) is 1. The molecule has 5 nitrogen and oxygen atoms in total. The van der Waals surface area contributed by atoms with Crippen molar-refractivity contribution >= 4 is 10.2 Å². The van der Waals surface area contributed by atoms with Crippen LogP contribution in [0, 0.1) is 5.92 Å². The Morgan fingerprint density at radius 2 is 2.27 bits per heavy atom. The number of nitrogens with one attached hydrogen (secondary N) is 2. The molecule has 0 bridgehead atoms. The van der Waals surface area contributed by atoms with Gasteiger partial charge in [0.2, 0.25) is 0 Å². The van der Waals surface area contributed by atoms with Crippen molar-refractivity contribution in [2.75, 3.05) is 33.2 Å². The van der Waals surface area contributed by atoms with Gasteiger partial charge in [0.1, 0.15) is 0 Å².